The standard InChI is InChI=1S/C12H14ClN3O2S2/c1-7(11-4-5-12(13)19-11)16-10-3-2-8(6-9(10)14)20(15,17)18/h2-7,16H,14H2,1H3,(H2,15,17,18). The van der Waals surface area contributed by atoms with Gasteiger partial charge in [-0.25, -0.2) is 13.6 Å². The SMILES string of the molecule is CC(Nc1ccc(S(N)(=O)=O)cc1N)c1ccc(Cl)s1. The maximum atomic E-state index is 11.2. The molecule has 0 fully saturated rings. The van der Waals surface area contributed by atoms with Gasteiger partial charge in [-0.1, -0.05) is 11.6 Å². The second-order valence-electron chi connectivity index (χ2n) is 4.30. The highest BCUT2D eigenvalue weighted by Gasteiger charge is 2.13. The van der Waals surface area contributed by atoms with Crippen LogP contribution in [-0.4, -0.2) is 8.42 Å². The molecule has 0 amide bonds. The summed E-state index contributed by atoms with van der Waals surface area (Å²) >= 11 is 7.37. The van der Waals surface area contributed by atoms with Crippen LogP contribution in [0.15, 0.2) is 35.2 Å². The average Bonchev–Trinajstić information content (AvgIpc) is 2.77. The van der Waals surface area contributed by atoms with Gasteiger partial charge in [0, 0.05) is 4.88 Å². The molecule has 0 aliphatic carbocycles. The summed E-state index contributed by atoms with van der Waals surface area (Å²) in [6, 6.07) is 8.12. The Kier molecular flexibility index (Phi) is 4.24. The highest BCUT2D eigenvalue weighted by molar-refractivity contribution is 7.89. The Hall–Kier alpha value is -1.28. The zero-order valence-corrected chi connectivity index (χ0v) is 13.0. The van der Waals surface area contributed by atoms with Gasteiger partial charge >= 0.3 is 0 Å². The van der Waals surface area contributed by atoms with Crippen molar-refractivity contribution in [1.29, 1.82) is 0 Å². The minimum Gasteiger partial charge on any atom is -0.397 e. The fourth-order valence-electron chi connectivity index (χ4n) is 1.71. The Bertz CT molecular complexity index is 728. The van der Waals surface area contributed by atoms with E-state index in [0.717, 1.165) is 4.88 Å². The summed E-state index contributed by atoms with van der Waals surface area (Å²) in [6.07, 6.45) is 0. The Balaban J connectivity index is 2.22. The van der Waals surface area contributed by atoms with Crippen molar-refractivity contribution < 1.29 is 8.42 Å². The quantitative estimate of drug-likeness (QED) is 0.750. The molecule has 5 N–H and O–H groups in total. The van der Waals surface area contributed by atoms with Crippen LogP contribution >= 0.6 is 22.9 Å². The highest BCUT2D eigenvalue weighted by atomic mass is 35.5. The molecule has 20 heavy (non-hydrogen) atoms. The molecule has 2 aromatic rings. The van der Waals surface area contributed by atoms with Gasteiger partial charge in [0.2, 0.25) is 10.0 Å². The van der Waals surface area contributed by atoms with Crippen LogP contribution in [0.5, 0.6) is 0 Å². The molecule has 0 saturated carbocycles. The van der Waals surface area contributed by atoms with Crippen LogP contribution in [0, 0.1) is 0 Å². The van der Waals surface area contributed by atoms with Crippen LogP contribution in [0.1, 0.15) is 17.8 Å². The lowest BCUT2D eigenvalue weighted by atomic mass is 10.2. The largest absolute Gasteiger partial charge is 0.397 e. The molecule has 1 aromatic heterocycles. The van der Waals surface area contributed by atoms with E-state index in [9.17, 15) is 8.42 Å². The molecule has 0 radical (unpaired) electrons. The minimum absolute atomic E-state index is 0.00706. The first-order valence-electron chi connectivity index (χ1n) is 5.71. The van der Waals surface area contributed by atoms with E-state index in [2.05, 4.69) is 5.32 Å². The Morgan fingerprint density at radius 3 is 2.50 bits per heavy atom. The zero-order valence-electron chi connectivity index (χ0n) is 10.6. The van der Waals surface area contributed by atoms with E-state index >= 15 is 0 Å². The summed E-state index contributed by atoms with van der Waals surface area (Å²) in [7, 11) is -3.74. The molecule has 108 valence electrons. The number of sulfonamides is 1. The number of hydrogen-bond donors (Lipinski definition) is 3. The Morgan fingerprint density at radius 1 is 1.30 bits per heavy atom. The molecule has 1 unspecified atom stereocenters. The van der Waals surface area contributed by atoms with Crippen LogP contribution in [-0.2, 0) is 10.0 Å². The fraction of sp³-hybridized carbons (Fsp3) is 0.167. The first kappa shape index (κ1) is 15.1. The predicted octanol–water partition coefficient (Wildman–Crippen LogP) is 2.80. The van der Waals surface area contributed by atoms with E-state index in [4.69, 9.17) is 22.5 Å². The summed E-state index contributed by atoms with van der Waals surface area (Å²) in [5.74, 6) is 0. The van der Waals surface area contributed by atoms with E-state index in [1.54, 1.807) is 6.07 Å². The maximum Gasteiger partial charge on any atom is 0.238 e. The maximum absolute atomic E-state index is 11.2. The van der Waals surface area contributed by atoms with Crippen molar-refractivity contribution in [2.45, 2.75) is 17.9 Å². The van der Waals surface area contributed by atoms with Crippen molar-refractivity contribution in [1.82, 2.24) is 0 Å². The van der Waals surface area contributed by atoms with E-state index in [1.165, 1.54) is 23.5 Å². The van der Waals surface area contributed by atoms with Crippen LogP contribution in [0.25, 0.3) is 0 Å². The van der Waals surface area contributed by atoms with Crippen LogP contribution < -0.4 is 16.2 Å². The molecule has 1 aromatic carbocycles. The van der Waals surface area contributed by atoms with Crippen molar-refractivity contribution in [2.24, 2.45) is 5.14 Å². The topological polar surface area (TPSA) is 98.2 Å². The second-order valence-corrected chi connectivity index (χ2v) is 7.61. The van der Waals surface area contributed by atoms with Crippen LogP contribution in [0.3, 0.4) is 0 Å². The van der Waals surface area contributed by atoms with Gasteiger partial charge in [0.1, 0.15) is 0 Å². The van der Waals surface area contributed by atoms with Gasteiger partial charge in [-0.05, 0) is 37.3 Å². The molecule has 0 saturated heterocycles. The lowest BCUT2D eigenvalue weighted by Gasteiger charge is -2.16. The monoisotopic (exact) mass is 331 g/mol. The Labute approximate surface area is 126 Å². The summed E-state index contributed by atoms with van der Waals surface area (Å²) in [4.78, 5) is 1.05. The number of benzene rings is 1. The molecular weight excluding hydrogens is 318 g/mol. The molecule has 0 aliphatic heterocycles. The lowest BCUT2D eigenvalue weighted by Crippen LogP contribution is -2.13. The van der Waals surface area contributed by atoms with Crippen molar-refractivity contribution in [3.8, 4) is 0 Å². The molecule has 5 nitrogen and oxygen atoms in total. The summed E-state index contributed by atoms with van der Waals surface area (Å²) < 4.78 is 23.2. The molecule has 2 rings (SSSR count). The third-order valence-corrected chi connectivity index (χ3v) is 5.07. The number of thiophene rings is 1. The molecule has 8 heteroatoms. The molecular formula is C12H14ClN3O2S2. The average molecular weight is 332 g/mol. The highest BCUT2D eigenvalue weighted by Crippen LogP contribution is 2.31. The summed E-state index contributed by atoms with van der Waals surface area (Å²) in [6.45, 7) is 1.97. The van der Waals surface area contributed by atoms with Crippen molar-refractivity contribution in [3.05, 3.63) is 39.5 Å². The first-order valence-corrected chi connectivity index (χ1v) is 8.45. The summed E-state index contributed by atoms with van der Waals surface area (Å²) in [5, 5.41) is 8.26. The molecule has 0 spiro atoms. The van der Waals surface area contributed by atoms with Gasteiger partial charge in [-0.15, -0.1) is 11.3 Å². The number of nitrogens with one attached hydrogen (secondary N) is 1. The fourth-order valence-corrected chi connectivity index (χ4v) is 3.33. The van der Waals surface area contributed by atoms with Gasteiger partial charge in [0.15, 0.2) is 0 Å². The number of nitrogen functional groups attached to an aromatic ring is 1. The molecule has 1 atom stereocenters. The third kappa shape index (κ3) is 3.43. The van der Waals surface area contributed by atoms with Gasteiger partial charge in [0.05, 0.1) is 26.6 Å². The van der Waals surface area contributed by atoms with E-state index < -0.39 is 10.0 Å². The van der Waals surface area contributed by atoms with Crippen LogP contribution in [0.4, 0.5) is 11.4 Å². The van der Waals surface area contributed by atoms with E-state index in [1.807, 2.05) is 19.1 Å². The number of primary sulfonamides is 1. The van der Waals surface area contributed by atoms with Crippen molar-refractivity contribution in [2.75, 3.05) is 11.1 Å². The smallest absolute Gasteiger partial charge is 0.238 e. The number of anilines is 2. The van der Waals surface area contributed by atoms with Crippen molar-refractivity contribution in [3.63, 3.8) is 0 Å². The summed E-state index contributed by atoms with van der Waals surface area (Å²) in [5.41, 5.74) is 6.82. The van der Waals surface area contributed by atoms with E-state index in [-0.39, 0.29) is 10.9 Å². The number of nitrogens with two attached hydrogens (primary N) is 2. The second kappa shape index (κ2) is 5.61. The first-order chi connectivity index (χ1) is 9.27. The number of hydrogen-bond acceptors (Lipinski definition) is 5. The number of halogens is 1. The molecule has 0 aliphatic rings. The zero-order chi connectivity index (χ0) is 14.9. The van der Waals surface area contributed by atoms with Crippen LogP contribution in [0.2, 0.25) is 4.34 Å². The number of rotatable bonds is 4. The Morgan fingerprint density at radius 2 is 2.00 bits per heavy atom. The van der Waals surface area contributed by atoms with Gasteiger partial charge in [-0.2, -0.15) is 0 Å². The predicted molar refractivity (Wildman–Crippen MR) is 83.6 cm³/mol. The lowest BCUT2D eigenvalue weighted by molar-refractivity contribution is 0.598. The minimum atomic E-state index is -3.74. The molecule has 1 heterocycles. The third-order valence-electron chi connectivity index (χ3n) is 2.74. The van der Waals surface area contributed by atoms with Crippen molar-refractivity contribution >= 4 is 44.3 Å². The normalized spacial score (nSPS) is 13.2. The molecule has 0 bridgehead atoms. The van der Waals surface area contributed by atoms with Gasteiger partial charge in [0.25, 0.3) is 0 Å². The van der Waals surface area contributed by atoms with E-state index in [0.29, 0.717) is 15.7 Å². The van der Waals surface area contributed by atoms with Gasteiger partial charge in [-0.3, -0.25) is 0 Å². The van der Waals surface area contributed by atoms with Gasteiger partial charge < -0.3 is 11.1 Å².